The van der Waals surface area contributed by atoms with Gasteiger partial charge in [-0.3, -0.25) is 9.59 Å². The second-order valence-corrected chi connectivity index (χ2v) is 5.25. The lowest BCUT2D eigenvalue weighted by atomic mass is 10.3. The monoisotopic (exact) mass is 295 g/mol. The van der Waals surface area contributed by atoms with E-state index in [1.165, 1.54) is 0 Å². The predicted octanol–water partition coefficient (Wildman–Crippen LogP) is 1.20. The molecule has 1 heterocycles. The number of aromatic nitrogens is 1. The van der Waals surface area contributed by atoms with Gasteiger partial charge < -0.3 is 19.5 Å². The van der Waals surface area contributed by atoms with Crippen LogP contribution in [0.5, 0.6) is 0 Å². The van der Waals surface area contributed by atoms with Crippen LogP contribution in [-0.2, 0) is 14.3 Å². The molecule has 21 heavy (non-hydrogen) atoms. The van der Waals surface area contributed by atoms with E-state index in [1.807, 2.05) is 0 Å². The Labute approximate surface area is 123 Å². The van der Waals surface area contributed by atoms with Crippen LogP contribution in [0.4, 0.5) is 5.82 Å². The number of aryl methyl sites for hydroxylation is 1. The highest BCUT2D eigenvalue weighted by atomic mass is 16.5. The topological polar surface area (TPSA) is 84.7 Å². The Hall–Kier alpha value is -1.89. The highest BCUT2D eigenvalue weighted by Gasteiger charge is 2.33. The summed E-state index contributed by atoms with van der Waals surface area (Å²) < 4.78 is 9.87. The molecule has 0 spiro atoms. The minimum Gasteiger partial charge on any atom is -0.385 e. The first-order chi connectivity index (χ1) is 10.1. The van der Waals surface area contributed by atoms with Crippen LogP contribution in [0.1, 0.15) is 25.0 Å². The van der Waals surface area contributed by atoms with Gasteiger partial charge in [-0.15, -0.1) is 0 Å². The smallest absolute Gasteiger partial charge is 0.245 e. The van der Waals surface area contributed by atoms with E-state index in [-0.39, 0.29) is 24.3 Å². The summed E-state index contributed by atoms with van der Waals surface area (Å²) in [6.45, 7) is 2.87. The van der Waals surface area contributed by atoms with Crippen molar-refractivity contribution in [3.8, 4) is 0 Å². The molecule has 1 aromatic rings. The fraction of sp³-hybridized carbons (Fsp3) is 0.643. The standard InChI is InChI=1S/C14H21N3O4/c1-10-8-12(16-21-10)15-13(18)9-17(6-3-7-20-2)14(19)11-4-5-11/h8,11H,3-7,9H2,1-2H3,(H,15,16,18). The lowest BCUT2D eigenvalue weighted by molar-refractivity contribution is -0.136. The number of nitrogens with zero attached hydrogens (tertiary/aromatic N) is 2. The largest absolute Gasteiger partial charge is 0.385 e. The van der Waals surface area contributed by atoms with Gasteiger partial charge >= 0.3 is 0 Å². The first-order valence-corrected chi connectivity index (χ1v) is 7.11. The summed E-state index contributed by atoms with van der Waals surface area (Å²) in [4.78, 5) is 25.8. The molecule has 0 unspecified atom stereocenters. The van der Waals surface area contributed by atoms with Gasteiger partial charge in [-0.05, 0) is 26.2 Å². The van der Waals surface area contributed by atoms with E-state index in [0.29, 0.717) is 31.2 Å². The Morgan fingerprint density at radius 2 is 2.29 bits per heavy atom. The maximum absolute atomic E-state index is 12.2. The van der Waals surface area contributed by atoms with Crippen molar-refractivity contribution in [2.24, 2.45) is 5.92 Å². The molecule has 0 radical (unpaired) electrons. The van der Waals surface area contributed by atoms with E-state index in [1.54, 1.807) is 25.0 Å². The molecule has 1 aliphatic rings. The maximum atomic E-state index is 12.2. The lowest BCUT2D eigenvalue weighted by Crippen LogP contribution is -2.39. The Balaban J connectivity index is 1.86. The second-order valence-electron chi connectivity index (χ2n) is 5.25. The minimum absolute atomic E-state index is 0.0327. The summed E-state index contributed by atoms with van der Waals surface area (Å²) in [5.74, 6) is 0.867. The van der Waals surface area contributed by atoms with Crippen molar-refractivity contribution < 1.29 is 18.8 Å². The van der Waals surface area contributed by atoms with Gasteiger partial charge in [0.2, 0.25) is 11.8 Å². The van der Waals surface area contributed by atoms with Crippen molar-refractivity contribution in [1.29, 1.82) is 0 Å². The van der Waals surface area contributed by atoms with Gasteiger partial charge in [0, 0.05) is 32.2 Å². The highest BCUT2D eigenvalue weighted by Crippen LogP contribution is 2.31. The molecule has 1 aliphatic carbocycles. The van der Waals surface area contributed by atoms with Crippen LogP contribution in [-0.4, -0.2) is 48.7 Å². The van der Waals surface area contributed by atoms with Crippen molar-refractivity contribution in [2.75, 3.05) is 32.1 Å². The van der Waals surface area contributed by atoms with E-state index in [2.05, 4.69) is 10.5 Å². The van der Waals surface area contributed by atoms with E-state index in [4.69, 9.17) is 9.26 Å². The molecule has 2 rings (SSSR count). The first kappa shape index (κ1) is 15.5. The molecule has 1 fully saturated rings. The molecule has 0 bridgehead atoms. The van der Waals surface area contributed by atoms with Crippen LogP contribution in [0.25, 0.3) is 0 Å². The van der Waals surface area contributed by atoms with E-state index in [0.717, 1.165) is 12.8 Å². The number of nitrogens with one attached hydrogen (secondary N) is 1. The molecule has 2 amide bonds. The number of carbonyl (C=O) groups is 2. The van der Waals surface area contributed by atoms with Crippen LogP contribution in [0.2, 0.25) is 0 Å². The number of amides is 2. The Kier molecular flexibility index (Phi) is 5.32. The third kappa shape index (κ3) is 4.86. The normalized spacial score (nSPS) is 14.0. The van der Waals surface area contributed by atoms with Gasteiger partial charge in [0.1, 0.15) is 5.76 Å². The summed E-state index contributed by atoms with van der Waals surface area (Å²) in [6.07, 6.45) is 2.55. The fourth-order valence-electron chi connectivity index (χ4n) is 2.04. The van der Waals surface area contributed by atoms with Crippen LogP contribution in [0.15, 0.2) is 10.6 Å². The van der Waals surface area contributed by atoms with Crippen molar-refractivity contribution in [1.82, 2.24) is 10.1 Å². The molecule has 1 N–H and O–H groups in total. The number of rotatable bonds is 8. The second kappa shape index (κ2) is 7.21. The molecule has 7 heteroatoms. The van der Waals surface area contributed by atoms with Crippen molar-refractivity contribution in [3.05, 3.63) is 11.8 Å². The first-order valence-electron chi connectivity index (χ1n) is 7.11. The van der Waals surface area contributed by atoms with E-state index >= 15 is 0 Å². The quantitative estimate of drug-likeness (QED) is 0.728. The third-order valence-corrected chi connectivity index (χ3v) is 3.24. The van der Waals surface area contributed by atoms with Crippen LogP contribution >= 0.6 is 0 Å². The third-order valence-electron chi connectivity index (χ3n) is 3.24. The zero-order valence-corrected chi connectivity index (χ0v) is 12.4. The molecular formula is C14H21N3O4. The molecule has 1 saturated carbocycles. The van der Waals surface area contributed by atoms with Gasteiger partial charge in [0.05, 0.1) is 6.54 Å². The van der Waals surface area contributed by atoms with Gasteiger partial charge in [-0.1, -0.05) is 5.16 Å². The lowest BCUT2D eigenvalue weighted by Gasteiger charge is -2.21. The van der Waals surface area contributed by atoms with Gasteiger partial charge in [-0.2, -0.15) is 0 Å². The van der Waals surface area contributed by atoms with Crippen molar-refractivity contribution in [3.63, 3.8) is 0 Å². The summed E-state index contributed by atoms with van der Waals surface area (Å²) in [6, 6.07) is 1.63. The maximum Gasteiger partial charge on any atom is 0.245 e. The number of hydrogen-bond donors (Lipinski definition) is 1. The number of anilines is 1. The molecule has 0 saturated heterocycles. The predicted molar refractivity (Wildman–Crippen MR) is 75.7 cm³/mol. The summed E-state index contributed by atoms with van der Waals surface area (Å²) >= 11 is 0. The number of methoxy groups -OCH3 is 1. The Morgan fingerprint density at radius 1 is 1.52 bits per heavy atom. The SMILES string of the molecule is COCCCN(CC(=O)Nc1cc(C)on1)C(=O)C1CC1. The highest BCUT2D eigenvalue weighted by molar-refractivity contribution is 5.94. The fourth-order valence-corrected chi connectivity index (χ4v) is 2.04. The molecule has 1 aromatic heterocycles. The summed E-state index contributed by atoms with van der Waals surface area (Å²) in [5, 5.41) is 6.33. The average Bonchev–Trinajstić information content (AvgIpc) is 3.21. The Morgan fingerprint density at radius 3 is 2.86 bits per heavy atom. The summed E-state index contributed by atoms with van der Waals surface area (Å²) in [5.41, 5.74) is 0. The number of ether oxygens (including phenoxy) is 1. The van der Waals surface area contributed by atoms with Gasteiger partial charge in [0.25, 0.3) is 0 Å². The molecular weight excluding hydrogens is 274 g/mol. The zero-order chi connectivity index (χ0) is 15.2. The zero-order valence-electron chi connectivity index (χ0n) is 12.4. The molecule has 0 atom stereocenters. The molecule has 0 aromatic carbocycles. The van der Waals surface area contributed by atoms with E-state index < -0.39 is 0 Å². The summed E-state index contributed by atoms with van der Waals surface area (Å²) in [7, 11) is 1.62. The van der Waals surface area contributed by atoms with Crippen molar-refractivity contribution in [2.45, 2.75) is 26.2 Å². The number of carbonyl (C=O) groups excluding carboxylic acids is 2. The van der Waals surface area contributed by atoms with Crippen molar-refractivity contribution >= 4 is 17.6 Å². The molecule has 116 valence electrons. The molecule has 0 aliphatic heterocycles. The van der Waals surface area contributed by atoms with Crippen LogP contribution < -0.4 is 5.32 Å². The van der Waals surface area contributed by atoms with Gasteiger partial charge in [-0.25, -0.2) is 0 Å². The van der Waals surface area contributed by atoms with Crippen LogP contribution in [0, 0.1) is 12.8 Å². The van der Waals surface area contributed by atoms with Crippen LogP contribution in [0.3, 0.4) is 0 Å². The molecule has 7 nitrogen and oxygen atoms in total. The van der Waals surface area contributed by atoms with Gasteiger partial charge in [0.15, 0.2) is 5.82 Å². The average molecular weight is 295 g/mol. The van der Waals surface area contributed by atoms with E-state index in [9.17, 15) is 9.59 Å². The Bertz CT molecular complexity index is 496. The number of hydrogen-bond acceptors (Lipinski definition) is 5. The minimum atomic E-state index is -0.269.